The van der Waals surface area contributed by atoms with Gasteiger partial charge in [0.15, 0.2) is 12.4 Å². The normalized spacial score (nSPS) is 12.0. The van der Waals surface area contributed by atoms with E-state index in [-0.39, 0.29) is 5.56 Å². The van der Waals surface area contributed by atoms with Crippen molar-refractivity contribution in [2.45, 2.75) is 25.7 Å². The van der Waals surface area contributed by atoms with Gasteiger partial charge in [0.25, 0.3) is 11.4 Å². The average Bonchev–Trinajstić information content (AvgIpc) is 2.54. The summed E-state index contributed by atoms with van der Waals surface area (Å²) in [6, 6.07) is 2.59. The van der Waals surface area contributed by atoms with Crippen LogP contribution in [0.15, 0.2) is 18.2 Å². The van der Waals surface area contributed by atoms with E-state index in [1.54, 1.807) is 6.92 Å². The Labute approximate surface area is 131 Å². The molecule has 10 heteroatoms. The van der Waals surface area contributed by atoms with Crippen molar-refractivity contribution in [1.82, 2.24) is 0 Å². The highest BCUT2D eigenvalue weighted by atomic mass is 16.7. The molecule has 0 bridgehead atoms. The average molecular weight is 328 g/mol. The van der Waals surface area contributed by atoms with Gasteiger partial charge in [-0.05, 0) is 6.42 Å². The maximum absolute atomic E-state index is 12.1. The lowest BCUT2D eigenvalue weighted by Gasteiger charge is -2.23. The zero-order valence-electron chi connectivity index (χ0n) is 12.8. The van der Waals surface area contributed by atoms with Gasteiger partial charge >= 0.3 is 5.97 Å². The molecule has 0 saturated carbocycles. The molecule has 1 rings (SSSR count). The van der Waals surface area contributed by atoms with E-state index >= 15 is 0 Å². The van der Waals surface area contributed by atoms with Crippen LogP contribution >= 0.6 is 0 Å². The van der Waals surface area contributed by atoms with Gasteiger partial charge in [-0.15, -0.1) is 0 Å². The van der Waals surface area contributed by atoms with Gasteiger partial charge in [-0.2, -0.15) is 0 Å². The van der Waals surface area contributed by atoms with Crippen molar-refractivity contribution in [3.63, 3.8) is 0 Å². The lowest BCUT2D eigenvalue weighted by atomic mass is 10.1. The first kappa shape index (κ1) is 18.5. The molecule has 1 aromatic carbocycles. The molecule has 0 aliphatic carbocycles. The van der Waals surface area contributed by atoms with Gasteiger partial charge in [-0.25, -0.2) is 4.79 Å². The van der Waals surface area contributed by atoms with Crippen LogP contribution in [0.5, 0.6) is 0 Å². The molecule has 126 valence electrons. The molecule has 0 aromatic heterocycles. The number of nitro groups is 2. The highest BCUT2D eigenvalue weighted by molar-refractivity contribution is 5.91. The number of benzene rings is 1. The summed E-state index contributed by atoms with van der Waals surface area (Å²) in [6.07, 6.45) is -1.23. The summed E-state index contributed by atoms with van der Waals surface area (Å²) in [5.41, 5.74) is -1.45. The molecule has 0 fully saturated rings. The molecule has 10 nitrogen and oxygen atoms in total. The second-order valence-electron chi connectivity index (χ2n) is 4.44. The summed E-state index contributed by atoms with van der Waals surface area (Å²) in [6.45, 7) is 1.72. The number of rotatable bonds is 8. The molecular formula is C13H16N2O8. The summed E-state index contributed by atoms with van der Waals surface area (Å²) in [5.74, 6) is -0.942. The topological polar surface area (TPSA) is 131 Å². The second-order valence-corrected chi connectivity index (χ2v) is 4.44. The van der Waals surface area contributed by atoms with Crippen LogP contribution in [0.3, 0.4) is 0 Å². The number of hydrogen-bond acceptors (Lipinski definition) is 8. The first-order valence-corrected chi connectivity index (χ1v) is 6.54. The highest BCUT2D eigenvalue weighted by Crippen LogP contribution is 2.24. The van der Waals surface area contributed by atoms with Crippen molar-refractivity contribution >= 4 is 17.3 Å². The summed E-state index contributed by atoms with van der Waals surface area (Å²) in [5, 5.41) is 21.6. The SMILES string of the molecule is CCC(OC(=O)c1cc([N+](=O)[O-])cc([N+](=O)[O-])c1)C(OC)OC. The number of carbonyl (C=O) groups is 1. The van der Waals surface area contributed by atoms with Crippen molar-refractivity contribution in [2.24, 2.45) is 0 Å². The molecule has 1 aromatic rings. The Kier molecular flexibility index (Phi) is 6.54. The van der Waals surface area contributed by atoms with Crippen LogP contribution in [0, 0.1) is 20.2 Å². The number of non-ortho nitro benzene ring substituents is 2. The number of nitro benzene ring substituents is 2. The number of carbonyl (C=O) groups excluding carboxylic acids is 1. The molecule has 0 heterocycles. The molecule has 0 amide bonds. The number of esters is 1. The molecular weight excluding hydrogens is 312 g/mol. The van der Waals surface area contributed by atoms with Crippen molar-refractivity contribution in [3.8, 4) is 0 Å². The lowest BCUT2D eigenvalue weighted by Crippen LogP contribution is -2.33. The maximum atomic E-state index is 12.1. The lowest BCUT2D eigenvalue weighted by molar-refractivity contribution is -0.394. The molecule has 23 heavy (non-hydrogen) atoms. The van der Waals surface area contributed by atoms with E-state index in [0.29, 0.717) is 6.42 Å². The molecule has 1 unspecified atom stereocenters. The van der Waals surface area contributed by atoms with E-state index < -0.39 is 39.6 Å². The standard InChI is InChI=1S/C13H16N2O8/c1-4-11(13(21-2)22-3)23-12(16)8-5-9(14(17)18)7-10(6-8)15(19)20/h5-7,11,13H,4H2,1-3H3. The summed E-state index contributed by atoms with van der Waals surface area (Å²) in [4.78, 5) is 32.1. The van der Waals surface area contributed by atoms with Gasteiger partial charge in [-0.3, -0.25) is 20.2 Å². The second kappa shape index (κ2) is 8.15. The molecule has 0 N–H and O–H groups in total. The van der Waals surface area contributed by atoms with E-state index in [2.05, 4.69) is 0 Å². The molecule has 0 radical (unpaired) electrons. The number of methoxy groups -OCH3 is 2. The molecule has 0 saturated heterocycles. The van der Waals surface area contributed by atoms with Crippen molar-refractivity contribution in [2.75, 3.05) is 14.2 Å². The molecule has 0 aliphatic heterocycles. The largest absolute Gasteiger partial charge is 0.453 e. The van der Waals surface area contributed by atoms with E-state index in [0.717, 1.165) is 18.2 Å². The van der Waals surface area contributed by atoms with Gasteiger partial charge in [0, 0.05) is 26.4 Å². The van der Waals surface area contributed by atoms with Gasteiger partial charge in [0.05, 0.1) is 21.5 Å². The Morgan fingerprint density at radius 2 is 1.57 bits per heavy atom. The van der Waals surface area contributed by atoms with Crippen molar-refractivity contribution in [3.05, 3.63) is 44.0 Å². The number of nitrogens with zero attached hydrogens (tertiary/aromatic N) is 2. The zero-order valence-corrected chi connectivity index (χ0v) is 12.8. The minimum absolute atomic E-state index is 0.296. The van der Waals surface area contributed by atoms with Crippen LogP contribution in [0.25, 0.3) is 0 Å². The number of ether oxygens (including phenoxy) is 3. The first-order valence-electron chi connectivity index (χ1n) is 6.54. The fraction of sp³-hybridized carbons (Fsp3) is 0.462. The zero-order chi connectivity index (χ0) is 17.6. The van der Waals surface area contributed by atoms with Gasteiger partial charge in [-0.1, -0.05) is 6.92 Å². The Hall–Kier alpha value is -2.59. The van der Waals surface area contributed by atoms with Crippen molar-refractivity contribution < 1.29 is 28.9 Å². The van der Waals surface area contributed by atoms with E-state index in [9.17, 15) is 25.0 Å². The predicted molar refractivity (Wildman–Crippen MR) is 77.1 cm³/mol. The van der Waals surface area contributed by atoms with Crippen LogP contribution < -0.4 is 0 Å². The minimum atomic E-state index is -0.942. The third-order valence-electron chi connectivity index (χ3n) is 2.99. The van der Waals surface area contributed by atoms with Crippen LogP contribution in [-0.4, -0.2) is 42.4 Å². The third-order valence-corrected chi connectivity index (χ3v) is 2.99. The number of hydrogen-bond donors (Lipinski definition) is 0. The van der Waals surface area contributed by atoms with Crippen LogP contribution in [0.4, 0.5) is 11.4 Å². The summed E-state index contributed by atoms with van der Waals surface area (Å²) >= 11 is 0. The Morgan fingerprint density at radius 1 is 1.09 bits per heavy atom. The van der Waals surface area contributed by atoms with Crippen molar-refractivity contribution in [1.29, 1.82) is 0 Å². The fourth-order valence-electron chi connectivity index (χ4n) is 1.86. The molecule has 0 spiro atoms. The van der Waals surface area contributed by atoms with Crippen LogP contribution in [0.1, 0.15) is 23.7 Å². The summed E-state index contributed by atoms with van der Waals surface area (Å²) in [7, 11) is 2.73. The quantitative estimate of drug-likeness (QED) is 0.306. The van der Waals surface area contributed by atoms with Gasteiger partial charge in [0.2, 0.25) is 0 Å². The smallest absolute Gasteiger partial charge is 0.339 e. The van der Waals surface area contributed by atoms with Gasteiger partial charge < -0.3 is 14.2 Å². The van der Waals surface area contributed by atoms with E-state index in [4.69, 9.17) is 14.2 Å². The molecule has 0 aliphatic rings. The highest BCUT2D eigenvalue weighted by Gasteiger charge is 2.26. The minimum Gasteiger partial charge on any atom is -0.453 e. The Balaban J connectivity index is 3.11. The Bertz CT molecular complexity index is 567. The summed E-state index contributed by atoms with van der Waals surface area (Å²) < 4.78 is 15.2. The fourth-order valence-corrected chi connectivity index (χ4v) is 1.86. The Morgan fingerprint density at radius 3 is 1.91 bits per heavy atom. The van der Waals surface area contributed by atoms with E-state index in [1.807, 2.05) is 0 Å². The van der Waals surface area contributed by atoms with E-state index in [1.165, 1.54) is 14.2 Å². The molecule has 1 atom stereocenters. The third kappa shape index (κ3) is 4.69. The monoisotopic (exact) mass is 328 g/mol. The maximum Gasteiger partial charge on any atom is 0.339 e. The van der Waals surface area contributed by atoms with Gasteiger partial charge in [0.1, 0.15) is 0 Å². The predicted octanol–water partition coefficient (Wildman–Crippen LogP) is 2.06. The van der Waals surface area contributed by atoms with Crippen LogP contribution in [0.2, 0.25) is 0 Å². The van der Waals surface area contributed by atoms with Crippen LogP contribution in [-0.2, 0) is 14.2 Å². The first-order chi connectivity index (χ1) is 10.8.